The fourth-order valence-electron chi connectivity index (χ4n) is 2.33. The SMILES string of the molecule is N=C(N)c1ccc(CNC(=O)c2cccc(-c3ccn[nH]3)c2)cc1. The first kappa shape index (κ1) is 15.5. The molecule has 0 saturated heterocycles. The van der Waals surface area contributed by atoms with Gasteiger partial charge in [0.1, 0.15) is 5.84 Å². The molecule has 0 atom stereocenters. The first-order chi connectivity index (χ1) is 11.6. The summed E-state index contributed by atoms with van der Waals surface area (Å²) in [6, 6.07) is 16.4. The molecule has 5 N–H and O–H groups in total. The smallest absolute Gasteiger partial charge is 0.251 e. The van der Waals surface area contributed by atoms with E-state index in [2.05, 4.69) is 15.5 Å². The van der Waals surface area contributed by atoms with Crippen molar-refractivity contribution in [1.29, 1.82) is 5.41 Å². The van der Waals surface area contributed by atoms with E-state index in [9.17, 15) is 4.79 Å². The summed E-state index contributed by atoms with van der Waals surface area (Å²) in [5.41, 5.74) is 9.39. The third-order valence-corrected chi connectivity index (χ3v) is 3.65. The number of carbonyl (C=O) groups excluding carboxylic acids is 1. The van der Waals surface area contributed by atoms with Crippen LogP contribution in [0.4, 0.5) is 0 Å². The van der Waals surface area contributed by atoms with Gasteiger partial charge >= 0.3 is 0 Å². The normalized spacial score (nSPS) is 10.3. The van der Waals surface area contributed by atoms with Crippen LogP contribution in [0.3, 0.4) is 0 Å². The fraction of sp³-hybridized carbons (Fsp3) is 0.0556. The van der Waals surface area contributed by atoms with Gasteiger partial charge in [0.25, 0.3) is 5.91 Å². The topological polar surface area (TPSA) is 108 Å². The highest BCUT2D eigenvalue weighted by atomic mass is 16.1. The number of benzene rings is 2. The van der Waals surface area contributed by atoms with Crippen LogP contribution in [-0.2, 0) is 6.54 Å². The zero-order chi connectivity index (χ0) is 16.9. The maximum absolute atomic E-state index is 12.3. The highest BCUT2D eigenvalue weighted by molar-refractivity contribution is 5.95. The van der Waals surface area contributed by atoms with Crippen molar-refractivity contribution < 1.29 is 4.79 Å². The molecule has 24 heavy (non-hydrogen) atoms. The van der Waals surface area contributed by atoms with Crippen molar-refractivity contribution in [1.82, 2.24) is 15.5 Å². The maximum atomic E-state index is 12.3. The number of nitrogens with two attached hydrogens (primary N) is 1. The van der Waals surface area contributed by atoms with Crippen LogP contribution < -0.4 is 11.1 Å². The largest absolute Gasteiger partial charge is 0.384 e. The molecule has 0 fully saturated rings. The van der Waals surface area contributed by atoms with Crippen LogP contribution >= 0.6 is 0 Å². The highest BCUT2D eigenvalue weighted by Crippen LogP contribution is 2.17. The Kier molecular flexibility index (Phi) is 4.38. The number of aromatic nitrogens is 2. The number of hydrogen-bond donors (Lipinski definition) is 4. The number of nitrogen functional groups attached to an aromatic ring is 1. The van der Waals surface area contributed by atoms with Gasteiger partial charge in [0.05, 0.1) is 5.69 Å². The molecule has 0 radical (unpaired) electrons. The number of amides is 1. The van der Waals surface area contributed by atoms with Gasteiger partial charge in [0.15, 0.2) is 0 Å². The van der Waals surface area contributed by atoms with Gasteiger partial charge in [-0.1, -0.05) is 36.4 Å². The van der Waals surface area contributed by atoms with Crippen LogP contribution in [0.2, 0.25) is 0 Å². The molecule has 0 unspecified atom stereocenters. The van der Waals surface area contributed by atoms with E-state index in [1.54, 1.807) is 24.4 Å². The summed E-state index contributed by atoms with van der Waals surface area (Å²) < 4.78 is 0. The Bertz CT molecular complexity index is 853. The van der Waals surface area contributed by atoms with Crippen molar-refractivity contribution in [2.75, 3.05) is 0 Å². The third kappa shape index (κ3) is 3.49. The molecule has 6 heteroatoms. The second kappa shape index (κ2) is 6.78. The van der Waals surface area contributed by atoms with E-state index >= 15 is 0 Å². The Morgan fingerprint density at radius 3 is 2.58 bits per heavy atom. The fourth-order valence-corrected chi connectivity index (χ4v) is 2.33. The van der Waals surface area contributed by atoms with E-state index in [0.717, 1.165) is 16.8 Å². The van der Waals surface area contributed by atoms with Gasteiger partial charge < -0.3 is 11.1 Å². The second-order valence-electron chi connectivity index (χ2n) is 5.34. The van der Waals surface area contributed by atoms with Crippen molar-refractivity contribution in [3.05, 3.63) is 77.5 Å². The number of hydrogen-bond acceptors (Lipinski definition) is 3. The number of amidine groups is 1. The lowest BCUT2D eigenvalue weighted by atomic mass is 10.1. The van der Waals surface area contributed by atoms with Crippen LogP contribution in [0.5, 0.6) is 0 Å². The van der Waals surface area contributed by atoms with Crippen LogP contribution in [0.25, 0.3) is 11.3 Å². The molecule has 0 aliphatic rings. The molecule has 0 spiro atoms. The Labute approximate surface area is 139 Å². The van der Waals surface area contributed by atoms with E-state index in [-0.39, 0.29) is 11.7 Å². The lowest BCUT2D eigenvalue weighted by molar-refractivity contribution is 0.0951. The third-order valence-electron chi connectivity index (χ3n) is 3.65. The lowest BCUT2D eigenvalue weighted by Gasteiger charge is -2.07. The number of nitrogens with zero attached hydrogens (tertiary/aromatic N) is 1. The molecule has 3 rings (SSSR count). The quantitative estimate of drug-likeness (QED) is 0.428. The molecule has 0 aliphatic carbocycles. The van der Waals surface area contributed by atoms with Crippen LogP contribution in [0.1, 0.15) is 21.5 Å². The Morgan fingerprint density at radius 1 is 1.12 bits per heavy atom. The average Bonchev–Trinajstić information content (AvgIpc) is 3.15. The minimum Gasteiger partial charge on any atom is -0.384 e. The summed E-state index contributed by atoms with van der Waals surface area (Å²) in [5, 5.41) is 17.1. The number of carbonyl (C=O) groups is 1. The zero-order valence-corrected chi connectivity index (χ0v) is 12.9. The van der Waals surface area contributed by atoms with Gasteiger partial charge in [-0.15, -0.1) is 0 Å². The first-order valence-corrected chi connectivity index (χ1v) is 7.45. The predicted octanol–water partition coefficient (Wildman–Crippen LogP) is 2.29. The number of H-pyrrole nitrogens is 1. The number of nitrogens with one attached hydrogen (secondary N) is 3. The van der Waals surface area contributed by atoms with E-state index in [0.29, 0.717) is 17.7 Å². The second-order valence-corrected chi connectivity index (χ2v) is 5.34. The maximum Gasteiger partial charge on any atom is 0.251 e. The molecular weight excluding hydrogens is 302 g/mol. The van der Waals surface area contributed by atoms with Crippen molar-refractivity contribution in [3.63, 3.8) is 0 Å². The summed E-state index contributed by atoms with van der Waals surface area (Å²) in [7, 11) is 0. The van der Waals surface area contributed by atoms with Gasteiger partial charge in [0.2, 0.25) is 0 Å². The summed E-state index contributed by atoms with van der Waals surface area (Å²) in [4.78, 5) is 12.3. The van der Waals surface area contributed by atoms with Crippen molar-refractivity contribution >= 4 is 11.7 Å². The molecule has 2 aromatic carbocycles. The average molecular weight is 319 g/mol. The van der Waals surface area contributed by atoms with Crippen LogP contribution in [-0.4, -0.2) is 21.9 Å². The highest BCUT2D eigenvalue weighted by Gasteiger charge is 2.08. The molecule has 1 amide bonds. The molecule has 1 aromatic heterocycles. The Hall–Kier alpha value is -3.41. The van der Waals surface area contributed by atoms with Crippen molar-refractivity contribution in [2.24, 2.45) is 5.73 Å². The monoisotopic (exact) mass is 319 g/mol. The Morgan fingerprint density at radius 2 is 1.92 bits per heavy atom. The van der Waals surface area contributed by atoms with E-state index in [1.165, 1.54) is 0 Å². The zero-order valence-electron chi connectivity index (χ0n) is 12.9. The first-order valence-electron chi connectivity index (χ1n) is 7.45. The molecule has 3 aromatic rings. The lowest BCUT2D eigenvalue weighted by Crippen LogP contribution is -2.22. The van der Waals surface area contributed by atoms with Gasteiger partial charge in [-0.05, 0) is 23.8 Å². The van der Waals surface area contributed by atoms with Gasteiger partial charge in [0, 0.05) is 29.4 Å². The van der Waals surface area contributed by atoms with Crippen LogP contribution in [0.15, 0.2) is 60.8 Å². The molecule has 1 heterocycles. The predicted molar refractivity (Wildman–Crippen MR) is 92.7 cm³/mol. The minimum atomic E-state index is -0.146. The van der Waals surface area contributed by atoms with E-state index in [1.807, 2.05) is 36.4 Å². The molecule has 0 bridgehead atoms. The van der Waals surface area contributed by atoms with Gasteiger partial charge in [-0.25, -0.2) is 0 Å². The number of aromatic amines is 1. The molecule has 6 nitrogen and oxygen atoms in total. The summed E-state index contributed by atoms with van der Waals surface area (Å²) in [6.07, 6.45) is 1.67. The molecule has 0 saturated carbocycles. The van der Waals surface area contributed by atoms with E-state index < -0.39 is 0 Å². The van der Waals surface area contributed by atoms with Crippen molar-refractivity contribution in [2.45, 2.75) is 6.54 Å². The Balaban J connectivity index is 1.67. The van der Waals surface area contributed by atoms with Crippen molar-refractivity contribution in [3.8, 4) is 11.3 Å². The van der Waals surface area contributed by atoms with Gasteiger partial charge in [-0.2, -0.15) is 5.10 Å². The molecular formula is C18H17N5O. The number of rotatable bonds is 5. The standard InChI is InChI=1S/C18H17N5O/c19-17(20)13-6-4-12(5-7-13)11-21-18(24)15-3-1-2-14(10-15)16-8-9-22-23-16/h1-10H,11H2,(H3,19,20)(H,21,24)(H,22,23). The summed E-state index contributed by atoms with van der Waals surface area (Å²) in [6.45, 7) is 0.408. The van der Waals surface area contributed by atoms with Crippen LogP contribution in [0, 0.1) is 5.41 Å². The van der Waals surface area contributed by atoms with Gasteiger partial charge in [-0.3, -0.25) is 15.3 Å². The molecule has 0 aliphatic heterocycles. The molecule has 120 valence electrons. The summed E-state index contributed by atoms with van der Waals surface area (Å²) >= 11 is 0. The minimum absolute atomic E-state index is 0.0289. The summed E-state index contributed by atoms with van der Waals surface area (Å²) in [5.74, 6) is -0.117. The van der Waals surface area contributed by atoms with E-state index in [4.69, 9.17) is 11.1 Å².